The Hall–Kier alpha value is -3.63. The Morgan fingerprint density at radius 2 is 1.96 bits per heavy atom. The van der Waals surface area contributed by atoms with Gasteiger partial charge in [0.05, 0.1) is 36.9 Å². The summed E-state index contributed by atoms with van der Waals surface area (Å²) < 4.78 is 11.7. The fourth-order valence-corrected chi connectivity index (χ4v) is 2.77. The van der Waals surface area contributed by atoms with E-state index in [2.05, 4.69) is 10.4 Å². The van der Waals surface area contributed by atoms with E-state index >= 15 is 0 Å². The number of nitrogens with zero attached hydrogens (tertiary/aromatic N) is 3. The van der Waals surface area contributed by atoms with Gasteiger partial charge in [-0.2, -0.15) is 5.10 Å². The van der Waals surface area contributed by atoms with Gasteiger partial charge in [0, 0.05) is 6.42 Å². The highest BCUT2D eigenvalue weighted by molar-refractivity contribution is 5.96. The Labute approximate surface area is 160 Å². The van der Waals surface area contributed by atoms with E-state index in [-0.39, 0.29) is 47.1 Å². The van der Waals surface area contributed by atoms with Crippen molar-refractivity contribution in [1.29, 1.82) is 0 Å². The molecule has 1 aromatic heterocycles. The quantitative estimate of drug-likeness (QED) is 0.513. The van der Waals surface area contributed by atoms with Crippen LogP contribution in [0.25, 0.3) is 0 Å². The molecule has 11 nitrogen and oxygen atoms in total. The summed E-state index contributed by atoms with van der Waals surface area (Å²) in [5, 5.41) is 26.9. The van der Waals surface area contributed by atoms with Crippen LogP contribution < -0.4 is 14.8 Å². The second-order valence-electron chi connectivity index (χ2n) is 5.86. The first-order valence-electron chi connectivity index (χ1n) is 8.17. The number of anilines is 1. The molecule has 0 fully saturated rings. The van der Waals surface area contributed by atoms with Crippen molar-refractivity contribution < 1.29 is 29.1 Å². The third-order valence-electron chi connectivity index (χ3n) is 4.08. The van der Waals surface area contributed by atoms with Crippen molar-refractivity contribution in [3.8, 4) is 11.5 Å². The summed E-state index contributed by atoms with van der Waals surface area (Å²) in [7, 11) is 2.72. The van der Waals surface area contributed by atoms with Crippen LogP contribution in [0.3, 0.4) is 0 Å². The van der Waals surface area contributed by atoms with Crippen molar-refractivity contribution in [1.82, 2.24) is 9.78 Å². The van der Waals surface area contributed by atoms with E-state index in [0.717, 1.165) is 0 Å². The van der Waals surface area contributed by atoms with Gasteiger partial charge in [0.1, 0.15) is 11.4 Å². The standard InChI is InChI=1S/C17H20N4O7/c1-9-15(21(25)26)10(2)20(19-9)6-5-14(22)18-12-7-11(17(23)24)8-13(27-3)16(12)28-4/h7-8H,5-6H2,1-4H3,(H,18,22)(H,23,24). The van der Waals surface area contributed by atoms with Gasteiger partial charge in [-0.3, -0.25) is 19.6 Å². The van der Waals surface area contributed by atoms with E-state index in [0.29, 0.717) is 5.69 Å². The minimum Gasteiger partial charge on any atom is -0.493 e. The molecule has 0 radical (unpaired) electrons. The van der Waals surface area contributed by atoms with Crippen LogP contribution in [-0.2, 0) is 11.3 Å². The Bertz CT molecular complexity index is 936. The second-order valence-corrected chi connectivity index (χ2v) is 5.86. The molecule has 0 unspecified atom stereocenters. The van der Waals surface area contributed by atoms with Crippen LogP contribution in [-0.4, -0.2) is 45.9 Å². The lowest BCUT2D eigenvalue weighted by molar-refractivity contribution is -0.386. The molecule has 0 atom stereocenters. The number of methoxy groups -OCH3 is 2. The van der Waals surface area contributed by atoms with Gasteiger partial charge in [-0.05, 0) is 26.0 Å². The van der Waals surface area contributed by atoms with Gasteiger partial charge in [0.15, 0.2) is 11.5 Å². The molecule has 1 heterocycles. The summed E-state index contributed by atoms with van der Waals surface area (Å²) in [6.07, 6.45) is -0.0398. The van der Waals surface area contributed by atoms with Gasteiger partial charge >= 0.3 is 11.7 Å². The minimum absolute atomic E-state index is 0.0398. The lowest BCUT2D eigenvalue weighted by atomic mass is 10.1. The molecule has 0 aliphatic carbocycles. The smallest absolute Gasteiger partial charge is 0.335 e. The van der Waals surface area contributed by atoms with Crippen LogP contribution in [0.1, 0.15) is 28.2 Å². The third-order valence-corrected chi connectivity index (χ3v) is 4.08. The lowest BCUT2D eigenvalue weighted by Crippen LogP contribution is -2.17. The van der Waals surface area contributed by atoms with E-state index in [1.54, 1.807) is 6.92 Å². The number of aromatic nitrogens is 2. The normalized spacial score (nSPS) is 10.4. The largest absolute Gasteiger partial charge is 0.493 e. The number of carboxylic acid groups (broad SMARTS) is 1. The van der Waals surface area contributed by atoms with Crippen LogP contribution in [0.5, 0.6) is 11.5 Å². The van der Waals surface area contributed by atoms with Gasteiger partial charge < -0.3 is 19.9 Å². The van der Waals surface area contributed by atoms with Gasteiger partial charge in [-0.1, -0.05) is 0 Å². The predicted octanol–water partition coefficient (Wildman–Crippen LogP) is 2.15. The maximum absolute atomic E-state index is 12.3. The highest BCUT2D eigenvalue weighted by atomic mass is 16.6. The number of hydrogen-bond acceptors (Lipinski definition) is 7. The summed E-state index contributed by atoms with van der Waals surface area (Å²) >= 11 is 0. The monoisotopic (exact) mass is 392 g/mol. The molecule has 0 spiro atoms. The van der Waals surface area contributed by atoms with Crippen molar-refractivity contribution in [2.24, 2.45) is 0 Å². The fraction of sp³-hybridized carbons (Fsp3) is 0.353. The number of rotatable bonds is 8. The topological polar surface area (TPSA) is 146 Å². The molecule has 2 N–H and O–H groups in total. The lowest BCUT2D eigenvalue weighted by Gasteiger charge is -2.15. The molecule has 2 rings (SSSR count). The highest BCUT2D eigenvalue weighted by Crippen LogP contribution is 2.36. The highest BCUT2D eigenvalue weighted by Gasteiger charge is 2.22. The molecule has 0 aliphatic rings. The molecule has 0 saturated carbocycles. The minimum atomic E-state index is -1.19. The van der Waals surface area contributed by atoms with Gasteiger partial charge in [-0.25, -0.2) is 4.79 Å². The van der Waals surface area contributed by atoms with Gasteiger partial charge in [-0.15, -0.1) is 0 Å². The molecule has 11 heteroatoms. The summed E-state index contributed by atoms with van der Waals surface area (Å²) in [6, 6.07) is 2.54. The first-order valence-corrected chi connectivity index (χ1v) is 8.17. The number of benzene rings is 1. The molecule has 150 valence electrons. The average molecular weight is 392 g/mol. The number of carboxylic acids is 1. The first kappa shape index (κ1) is 20.7. The summed E-state index contributed by atoms with van der Waals surface area (Å²) in [6.45, 7) is 3.20. The molecule has 0 bridgehead atoms. The summed E-state index contributed by atoms with van der Waals surface area (Å²) in [4.78, 5) is 34.2. The van der Waals surface area contributed by atoms with E-state index in [9.17, 15) is 24.8 Å². The molecule has 1 amide bonds. The molecule has 1 aromatic carbocycles. The number of carbonyl (C=O) groups is 2. The van der Waals surface area contributed by atoms with E-state index in [4.69, 9.17) is 9.47 Å². The zero-order valence-electron chi connectivity index (χ0n) is 15.8. The molecular weight excluding hydrogens is 372 g/mol. The molecule has 0 aliphatic heterocycles. The Morgan fingerprint density at radius 3 is 2.46 bits per heavy atom. The van der Waals surface area contributed by atoms with Crippen LogP contribution in [0.15, 0.2) is 12.1 Å². The van der Waals surface area contributed by atoms with Crippen molar-refractivity contribution >= 4 is 23.3 Å². The van der Waals surface area contributed by atoms with Crippen molar-refractivity contribution in [3.05, 3.63) is 39.2 Å². The van der Waals surface area contributed by atoms with Crippen molar-refractivity contribution in [2.75, 3.05) is 19.5 Å². The predicted molar refractivity (Wildman–Crippen MR) is 98.1 cm³/mol. The number of aryl methyl sites for hydroxylation is 2. The Kier molecular flexibility index (Phi) is 6.18. The molecular formula is C17H20N4O7. The summed E-state index contributed by atoms with van der Waals surface area (Å²) in [5.41, 5.74) is 0.595. The van der Waals surface area contributed by atoms with Crippen molar-refractivity contribution in [3.63, 3.8) is 0 Å². The van der Waals surface area contributed by atoms with Gasteiger partial charge in [0.25, 0.3) is 0 Å². The zero-order valence-corrected chi connectivity index (χ0v) is 15.8. The SMILES string of the molecule is COc1cc(C(=O)O)cc(NC(=O)CCn2nc(C)c([N+](=O)[O-])c2C)c1OC. The number of hydrogen-bond donors (Lipinski definition) is 2. The van der Waals surface area contributed by atoms with Crippen LogP contribution in [0.4, 0.5) is 11.4 Å². The number of carbonyl (C=O) groups excluding carboxylic acids is 1. The second kappa shape index (κ2) is 8.37. The van der Waals surface area contributed by atoms with E-state index in [1.165, 1.54) is 38.0 Å². The summed E-state index contributed by atoms with van der Waals surface area (Å²) in [5.74, 6) is -1.29. The average Bonchev–Trinajstić information content (AvgIpc) is 2.92. The molecule has 0 saturated heterocycles. The number of amides is 1. The van der Waals surface area contributed by atoms with Crippen LogP contribution in [0.2, 0.25) is 0 Å². The maximum Gasteiger partial charge on any atom is 0.335 e. The third kappa shape index (κ3) is 4.19. The first-order chi connectivity index (χ1) is 13.2. The number of nitrogens with one attached hydrogen (secondary N) is 1. The van der Waals surface area contributed by atoms with Gasteiger partial charge in [0.2, 0.25) is 5.91 Å². The number of nitro groups is 1. The van der Waals surface area contributed by atoms with E-state index < -0.39 is 16.8 Å². The Morgan fingerprint density at radius 1 is 1.29 bits per heavy atom. The van der Waals surface area contributed by atoms with Crippen LogP contribution in [0, 0.1) is 24.0 Å². The van der Waals surface area contributed by atoms with Crippen LogP contribution >= 0.6 is 0 Å². The zero-order chi connectivity index (χ0) is 21.0. The molecule has 2 aromatic rings. The number of aromatic carboxylic acids is 1. The Balaban J connectivity index is 2.19. The maximum atomic E-state index is 12.3. The van der Waals surface area contributed by atoms with E-state index in [1.807, 2.05) is 0 Å². The number of ether oxygens (including phenoxy) is 2. The fourth-order valence-electron chi connectivity index (χ4n) is 2.77. The van der Waals surface area contributed by atoms with Crippen molar-refractivity contribution in [2.45, 2.75) is 26.8 Å². The molecule has 28 heavy (non-hydrogen) atoms.